The normalized spacial score (nSPS) is 15.0. The average Bonchev–Trinajstić information content (AvgIpc) is 3.07. The number of rotatable bonds is 3. The molecule has 1 saturated heterocycles. The van der Waals surface area contributed by atoms with Crippen molar-refractivity contribution < 1.29 is 9.18 Å². The van der Waals surface area contributed by atoms with Gasteiger partial charge in [0.05, 0.1) is 6.54 Å². The molecule has 3 rings (SSSR count). The minimum absolute atomic E-state index is 0.0212. The number of nitrogens with one attached hydrogen (secondary N) is 1. The number of carbonyl (C=O) groups is 1. The minimum Gasteiger partial charge on any atom is -0.368 e. The molecular formula is C16H18FN3OS. The molecule has 22 heavy (non-hydrogen) atoms. The van der Waals surface area contributed by atoms with Crippen molar-refractivity contribution >= 4 is 23.1 Å². The van der Waals surface area contributed by atoms with Crippen LogP contribution in [0.4, 0.5) is 14.9 Å². The number of carbonyl (C=O) groups excluding carboxylic acids is 1. The topological polar surface area (TPSA) is 35.6 Å². The van der Waals surface area contributed by atoms with Crippen LogP contribution in [0.2, 0.25) is 0 Å². The van der Waals surface area contributed by atoms with Crippen molar-refractivity contribution in [3.8, 4) is 0 Å². The van der Waals surface area contributed by atoms with Gasteiger partial charge in [0.1, 0.15) is 5.82 Å². The molecule has 1 aromatic carbocycles. The number of hydrogen-bond acceptors (Lipinski definition) is 3. The molecule has 1 aliphatic rings. The molecule has 0 saturated carbocycles. The van der Waals surface area contributed by atoms with Gasteiger partial charge in [-0.15, -0.1) is 11.3 Å². The molecule has 2 heterocycles. The molecule has 0 atom stereocenters. The highest BCUT2D eigenvalue weighted by Crippen LogP contribution is 2.17. The van der Waals surface area contributed by atoms with E-state index in [2.05, 4.69) is 10.2 Å². The van der Waals surface area contributed by atoms with Crippen LogP contribution in [0.5, 0.6) is 0 Å². The van der Waals surface area contributed by atoms with Gasteiger partial charge in [-0.25, -0.2) is 9.18 Å². The van der Waals surface area contributed by atoms with Crippen LogP contribution in [0.1, 0.15) is 4.88 Å². The Morgan fingerprint density at radius 2 is 1.86 bits per heavy atom. The maximum absolute atomic E-state index is 12.9. The van der Waals surface area contributed by atoms with Crippen LogP contribution in [0.3, 0.4) is 0 Å². The van der Waals surface area contributed by atoms with Crippen LogP contribution in [-0.2, 0) is 6.54 Å². The third kappa shape index (κ3) is 3.57. The number of halogens is 1. The maximum atomic E-state index is 12.9. The molecule has 0 radical (unpaired) electrons. The minimum atomic E-state index is -0.227. The highest BCUT2D eigenvalue weighted by Gasteiger charge is 2.21. The monoisotopic (exact) mass is 319 g/mol. The molecule has 6 heteroatoms. The first kappa shape index (κ1) is 14.8. The summed E-state index contributed by atoms with van der Waals surface area (Å²) < 4.78 is 12.9. The van der Waals surface area contributed by atoms with Gasteiger partial charge >= 0.3 is 6.03 Å². The molecule has 2 amide bonds. The summed E-state index contributed by atoms with van der Waals surface area (Å²) in [5, 5.41) is 4.95. The maximum Gasteiger partial charge on any atom is 0.317 e. The number of nitrogens with zero attached hydrogens (tertiary/aromatic N) is 2. The lowest BCUT2D eigenvalue weighted by atomic mass is 10.2. The summed E-state index contributed by atoms with van der Waals surface area (Å²) >= 11 is 1.64. The van der Waals surface area contributed by atoms with Crippen LogP contribution in [0.25, 0.3) is 0 Å². The predicted octanol–water partition coefficient (Wildman–Crippen LogP) is 2.92. The molecule has 1 N–H and O–H groups in total. The van der Waals surface area contributed by atoms with Crippen LogP contribution >= 0.6 is 11.3 Å². The number of thiophene rings is 1. The Kier molecular flexibility index (Phi) is 4.58. The van der Waals surface area contributed by atoms with E-state index in [0.717, 1.165) is 23.7 Å². The second-order valence-corrected chi connectivity index (χ2v) is 6.22. The number of urea groups is 1. The van der Waals surface area contributed by atoms with Gasteiger partial charge in [-0.3, -0.25) is 0 Å². The molecule has 4 nitrogen and oxygen atoms in total. The van der Waals surface area contributed by atoms with E-state index in [1.54, 1.807) is 23.5 Å². The zero-order valence-corrected chi connectivity index (χ0v) is 13.0. The molecule has 1 aromatic heterocycles. The average molecular weight is 319 g/mol. The van der Waals surface area contributed by atoms with E-state index in [-0.39, 0.29) is 11.8 Å². The Bertz CT molecular complexity index is 607. The third-order valence-corrected chi connectivity index (χ3v) is 4.63. The zero-order chi connectivity index (χ0) is 15.4. The number of piperazine rings is 1. The van der Waals surface area contributed by atoms with Crippen molar-refractivity contribution in [2.75, 3.05) is 31.1 Å². The number of benzene rings is 1. The Morgan fingerprint density at radius 3 is 2.50 bits per heavy atom. The van der Waals surface area contributed by atoms with E-state index >= 15 is 0 Å². The van der Waals surface area contributed by atoms with Gasteiger partial charge in [-0.2, -0.15) is 0 Å². The third-order valence-electron chi connectivity index (χ3n) is 3.75. The van der Waals surface area contributed by atoms with Crippen molar-refractivity contribution in [2.45, 2.75) is 6.54 Å². The van der Waals surface area contributed by atoms with Crippen LogP contribution in [0.15, 0.2) is 41.8 Å². The van der Waals surface area contributed by atoms with E-state index in [4.69, 9.17) is 0 Å². The van der Waals surface area contributed by atoms with E-state index in [0.29, 0.717) is 19.6 Å². The molecule has 0 unspecified atom stereocenters. The van der Waals surface area contributed by atoms with Gasteiger partial charge < -0.3 is 15.1 Å². The highest BCUT2D eigenvalue weighted by molar-refractivity contribution is 7.09. The Labute approximate surface area is 133 Å². The molecule has 0 spiro atoms. The molecule has 0 bridgehead atoms. The lowest BCUT2D eigenvalue weighted by Gasteiger charge is -2.36. The summed E-state index contributed by atoms with van der Waals surface area (Å²) in [5.41, 5.74) is 1.00. The summed E-state index contributed by atoms with van der Waals surface area (Å²) in [7, 11) is 0. The number of hydrogen-bond donors (Lipinski definition) is 1. The molecule has 2 aromatic rings. The fourth-order valence-electron chi connectivity index (χ4n) is 2.51. The fraction of sp³-hybridized carbons (Fsp3) is 0.312. The Balaban J connectivity index is 1.48. The van der Waals surface area contributed by atoms with E-state index in [1.807, 2.05) is 22.4 Å². The van der Waals surface area contributed by atoms with Gasteiger partial charge in [0, 0.05) is 36.7 Å². The molecule has 1 fully saturated rings. The summed E-state index contributed by atoms with van der Waals surface area (Å²) in [6, 6.07) is 10.5. The van der Waals surface area contributed by atoms with E-state index < -0.39 is 0 Å². The van der Waals surface area contributed by atoms with Crippen LogP contribution in [0, 0.1) is 5.82 Å². The smallest absolute Gasteiger partial charge is 0.317 e. The summed E-state index contributed by atoms with van der Waals surface area (Å²) in [4.78, 5) is 17.3. The van der Waals surface area contributed by atoms with E-state index in [1.165, 1.54) is 12.1 Å². The summed E-state index contributed by atoms with van der Waals surface area (Å²) in [6.45, 7) is 3.45. The van der Waals surface area contributed by atoms with Crippen molar-refractivity contribution in [3.05, 3.63) is 52.5 Å². The van der Waals surface area contributed by atoms with Crippen molar-refractivity contribution in [1.29, 1.82) is 0 Å². The summed E-state index contributed by atoms with van der Waals surface area (Å²) in [5.74, 6) is -0.227. The van der Waals surface area contributed by atoms with Crippen LogP contribution < -0.4 is 10.2 Å². The van der Waals surface area contributed by atoms with Crippen molar-refractivity contribution in [1.82, 2.24) is 10.2 Å². The highest BCUT2D eigenvalue weighted by atomic mass is 32.1. The quantitative estimate of drug-likeness (QED) is 0.944. The van der Waals surface area contributed by atoms with Gasteiger partial charge in [0.25, 0.3) is 0 Å². The first-order valence-electron chi connectivity index (χ1n) is 7.28. The lowest BCUT2D eigenvalue weighted by molar-refractivity contribution is 0.194. The first-order chi connectivity index (χ1) is 10.7. The van der Waals surface area contributed by atoms with Gasteiger partial charge in [-0.05, 0) is 35.7 Å². The summed E-state index contributed by atoms with van der Waals surface area (Å²) in [6.07, 6.45) is 0. The van der Waals surface area contributed by atoms with Gasteiger partial charge in [-0.1, -0.05) is 6.07 Å². The Hall–Kier alpha value is -2.08. The van der Waals surface area contributed by atoms with Gasteiger partial charge in [0.2, 0.25) is 0 Å². The molecule has 116 valence electrons. The molecular weight excluding hydrogens is 301 g/mol. The largest absolute Gasteiger partial charge is 0.368 e. The first-order valence-corrected chi connectivity index (χ1v) is 8.16. The zero-order valence-electron chi connectivity index (χ0n) is 12.2. The standard InChI is InChI=1S/C16H18FN3OS/c17-13-3-5-14(6-4-13)19-7-9-20(10-8-19)16(21)18-12-15-2-1-11-22-15/h1-6,11H,7-10,12H2,(H,18,21). The fourth-order valence-corrected chi connectivity index (χ4v) is 3.15. The Morgan fingerprint density at radius 1 is 1.14 bits per heavy atom. The van der Waals surface area contributed by atoms with Crippen molar-refractivity contribution in [2.24, 2.45) is 0 Å². The predicted molar refractivity (Wildman–Crippen MR) is 86.7 cm³/mol. The SMILES string of the molecule is O=C(NCc1cccs1)N1CCN(c2ccc(F)cc2)CC1. The van der Waals surface area contributed by atoms with Crippen LogP contribution in [-0.4, -0.2) is 37.1 Å². The second-order valence-electron chi connectivity index (χ2n) is 5.19. The van der Waals surface area contributed by atoms with Crippen molar-refractivity contribution in [3.63, 3.8) is 0 Å². The number of amides is 2. The van der Waals surface area contributed by atoms with Gasteiger partial charge in [0.15, 0.2) is 0 Å². The lowest BCUT2D eigenvalue weighted by Crippen LogP contribution is -2.51. The number of anilines is 1. The molecule has 1 aliphatic heterocycles. The van der Waals surface area contributed by atoms with E-state index in [9.17, 15) is 9.18 Å². The second kappa shape index (κ2) is 6.79. The molecule has 0 aliphatic carbocycles.